The zero-order chi connectivity index (χ0) is 15.0. The number of nitrogens with zero attached hydrogens (tertiary/aromatic N) is 1. The van der Waals surface area contributed by atoms with Crippen molar-refractivity contribution in [1.82, 2.24) is 4.90 Å². The number of nitrogens with two attached hydrogens (primary N) is 1. The number of amides is 1. The molecular weight excluding hydrogens is 240 g/mol. The third kappa shape index (κ3) is 2.95. The van der Waals surface area contributed by atoms with Crippen LogP contribution in [0.25, 0.3) is 0 Å². The van der Waals surface area contributed by atoms with Crippen molar-refractivity contribution in [3.63, 3.8) is 0 Å². The van der Waals surface area contributed by atoms with Crippen LogP contribution in [0.15, 0.2) is 0 Å². The molecule has 1 amide bonds. The lowest BCUT2D eigenvalue weighted by Crippen LogP contribution is -2.56. The summed E-state index contributed by atoms with van der Waals surface area (Å²) < 4.78 is 0. The van der Waals surface area contributed by atoms with Gasteiger partial charge in [-0.1, -0.05) is 20.8 Å². The number of likely N-dealkylation sites (N-methyl/N-ethyl adjacent to an activating group) is 1. The van der Waals surface area contributed by atoms with Crippen LogP contribution in [0.3, 0.4) is 0 Å². The third-order valence-corrected chi connectivity index (χ3v) is 5.43. The average molecular weight is 270 g/mol. The van der Waals surface area contributed by atoms with Gasteiger partial charge in [-0.3, -0.25) is 4.79 Å². The van der Waals surface area contributed by atoms with E-state index in [2.05, 4.69) is 20.8 Å². The topological polar surface area (TPSA) is 66.6 Å². The molecule has 1 aliphatic carbocycles. The molecular formula is C15H30N2O2. The summed E-state index contributed by atoms with van der Waals surface area (Å²) in [6, 6.07) is 0.176. The summed E-state index contributed by atoms with van der Waals surface area (Å²) in [5.41, 5.74) is 5.52. The zero-order valence-corrected chi connectivity index (χ0v) is 13.2. The van der Waals surface area contributed by atoms with E-state index in [9.17, 15) is 9.90 Å². The number of rotatable bonds is 3. The minimum Gasteiger partial charge on any atom is -0.394 e. The Labute approximate surface area is 117 Å². The second-order valence-electron chi connectivity index (χ2n) is 7.27. The molecule has 0 aromatic rings. The largest absolute Gasteiger partial charge is 0.394 e. The van der Waals surface area contributed by atoms with Crippen LogP contribution in [0.2, 0.25) is 0 Å². The normalized spacial score (nSPS) is 31.1. The molecule has 0 spiro atoms. The van der Waals surface area contributed by atoms with Crippen molar-refractivity contribution in [2.45, 2.75) is 59.0 Å². The van der Waals surface area contributed by atoms with Crippen LogP contribution in [0.4, 0.5) is 0 Å². The second kappa shape index (κ2) is 5.41. The van der Waals surface area contributed by atoms with Gasteiger partial charge in [-0.15, -0.1) is 0 Å². The Morgan fingerprint density at radius 1 is 1.42 bits per heavy atom. The molecule has 4 heteroatoms. The van der Waals surface area contributed by atoms with E-state index in [1.54, 1.807) is 11.9 Å². The van der Waals surface area contributed by atoms with Crippen molar-refractivity contribution in [3.8, 4) is 0 Å². The molecule has 1 saturated carbocycles. The standard InChI is InChI=1S/C15H30N2O2/c1-10-12(16)8-7-11(15(10,4)5)13(19)17(6)14(2,3)9-18/h10-12,18H,7-9,16H2,1-6H3. The molecule has 0 aliphatic heterocycles. The van der Waals surface area contributed by atoms with Gasteiger partial charge < -0.3 is 15.7 Å². The smallest absolute Gasteiger partial charge is 0.226 e. The van der Waals surface area contributed by atoms with Gasteiger partial charge in [-0.05, 0) is 38.0 Å². The Bertz CT molecular complexity index is 339. The van der Waals surface area contributed by atoms with Crippen molar-refractivity contribution in [2.24, 2.45) is 23.0 Å². The second-order valence-corrected chi connectivity index (χ2v) is 7.27. The highest BCUT2D eigenvalue weighted by Crippen LogP contribution is 2.45. The monoisotopic (exact) mass is 270 g/mol. The summed E-state index contributed by atoms with van der Waals surface area (Å²) in [5.74, 6) is 0.432. The van der Waals surface area contributed by atoms with Gasteiger partial charge in [0.25, 0.3) is 0 Å². The molecule has 1 fully saturated rings. The molecule has 1 aliphatic rings. The first-order valence-electron chi connectivity index (χ1n) is 7.19. The minimum absolute atomic E-state index is 0.0156. The maximum absolute atomic E-state index is 12.7. The Balaban J connectivity index is 2.94. The lowest BCUT2D eigenvalue weighted by Gasteiger charge is -2.48. The lowest BCUT2D eigenvalue weighted by atomic mass is 9.60. The van der Waals surface area contributed by atoms with E-state index in [1.807, 2.05) is 13.8 Å². The maximum Gasteiger partial charge on any atom is 0.226 e. The van der Waals surface area contributed by atoms with E-state index in [-0.39, 0.29) is 29.9 Å². The molecule has 0 saturated heterocycles. The van der Waals surface area contributed by atoms with Crippen molar-refractivity contribution in [3.05, 3.63) is 0 Å². The first-order valence-corrected chi connectivity index (χ1v) is 7.19. The molecule has 3 unspecified atom stereocenters. The summed E-state index contributed by atoms with van der Waals surface area (Å²) >= 11 is 0. The van der Waals surface area contributed by atoms with Crippen LogP contribution >= 0.6 is 0 Å². The van der Waals surface area contributed by atoms with Gasteiger partial charge in [0.1, 0.15) is 0 Å². The van der Waals surface area contributed by atoms with E-state index in [1.165, 1.54) is 0 Å². The molecule has 0 aromatic carbocycles. The van der Waals surface area contributed by atoms with Crippen molar-refractivity contribution in [2.75, 3.05) is 13.7 Å². The fourth-order valence-electron chi connectivity index (χ4n) is 2.93. The van der Waals surface area contributed by atoms with Crippen LogP contribution in [-0.4, -0.2) is 41.1 Å². The maximum atomic E-state index is 12.7. The van der Waals surface area contributed by atoms with Gasteiger partial charge in [0, 0.05) is 19.0 Å². The van der Waals surface area contributed by atoms with E-state index in [4.69, 9.17) is 5.73 Å². The summed E-state index contributed by atoms with van der Waals surface area (Å²) in [6.45, 7) is 10.2. The van der Waals surface area contributed by atoms with Gasteiger partial charge in [0.2, 0.25) is 5.91 Å². The number of aliphatic hydroxyl groups excluding tert-OH is 1. The predicted octanol–water partition coefficient (Wildman–Crippen LogP) is 1.62. The van der Waals surface area contributed by atoms with Crippen molar-refractivity contribution >= 4 is 5.91 Å². The minimum atomic E-state index is -0.518. The molecule has 112 valence electrons. The van der Waals surface area contributed by atoms with Crippen LogP contribution in [0.5, 0.6) is 0 Å². The van der Waals surface area contributed by atoms with E-state index in [0.29, 0.717) is 5.92 Å². The summed E-state index contributed by atoms with van der Waals surface area (Å²) in [7, 11) is 1.79. The Morgan fingerprint density at radius 2 is 1.95 bits per heavy atom. The lowest BCUT2D eigenvalue weighted by molar-refractivity contribution is -0.148. The number of hydrogen-bond acceptors (Lipinski definition) is 3. The fourth-order valence-corrected chi connectivity index (χ4v) is 2.93. The molecule has 19 heavy (non-hydrogen) atoms. The summed E-state index contributed by atoms with van der Waals surface area (Å²) in [6.07, 6.45) is 1.73. The van der Waals surface area contributed by atoms with Crippen LogP contribution in [0.1, 0.15) is 47.5 Å². The Kier molecular flexibility index (Phi) is 4.68. The molecule has 4 nitrogen and oxygen atoms in total. The molecule has 3 N–H and O–H groups in total. The number of aliphatic hydroxyl groups is 1. The van der Waals surface area contributed by atoms with Gasteiger partial charge in [0.05, 0.1) is 12.1 Å². The highest BCUT2D eigenvalue weighted by Gasteiger charge is 2.47. The molecule has 0 radical (unpaired) electrons. The van der Waals surface area contributed by atoms with Crippen LogP contribution in [-0.2, 0) is 4.79 Å². The highest BCUT2D eigenvalue weighted by atomic mass is 16.3. The van der Waals surface area contributed by atoms with Crippen LogP contribution in [0, 0.1) is 17.3 Å². The van der Waals surface area contributed by atoms with Gasteiger partial charge in [-0.25, -0.2) is 0 Å². The third-order valence-electron chi connectivity index (χ3n) is 5.43. The molecule has 3 atom stereocenters. The zero-order valence-electron chi connectivity index (χ0n) is 13.2. The van der Waals surface area contributed by atoms with E-state index in [0.717, 1.165) is 12.8 Å². The number of carbonyl (C=O) groups is 1. The SMILES string of the molecule is CC1C(N)CCC(C(=O)N(C)C(C)(C)CO)C1(C)C. The molecule has 0 aromatic heterocycles. The first kappa shape index (κ1) is 16.4. The van der Waals surface area contributed by atoms with E-state index >= 15 is 0 Å². The average Bonchev–Trinajstić information content (AvgIpc) is 2.34. The molecule has 1 rings (SSSR count). The summed E-state index contributed by atoms with van der Waals surface area (Å²) in [5, 5.41) is 9.42. The van der Waals surface area contributed by atoms with E-state index < -0.39 is 5.54 Å². The fraction of sp³-hybridized carbons (Fsp3) is 0.933. The first-order chi connectivity index (χ1) is 8.55. The van der Waals surface area contributed by atoms with Gasteiger partial charge in [0.15, 0.2) is 0 Å². The molecule has 0 bridgehead atoms. The van der Waals surface area contributed by atoms with Crippen molar-refractivity contribution in [1.29, 1.82) is 0 Å². The van der Waals surface area contributed by atoms with Crippen molar-refractivity contribution < 1.29 is 9.90 Å². The number of carbonyl (C=O) groups excluding carboxylic acids is 1. The highest BCUT2D eigenvalue weighted by molar-refractivity contribution is 5.80. The summed E-state index contributed by atoms with van der Waals surface area (Å²) in [4.78, 5) is 14.4. The quantitative estimate of drug-likeness (QED) is 0.819. The van der Waals surface area contributed by atoms with Crippen LogP contribution < -0.4 is 5.73 Å². The molecule has 0 heterocycles. The van der Waals surface area contributed by atoms with Gasteiger partial charge in [-0.2, -0.15) is 0 Å². The Hall–Kier alpha value is -0.610. The predicted molar refractivity (Wildman–Crippen MR) is 77.6 cm³/mol. The number of hydrogen-bond donors (Lipinski definition) is 2. The van der Waals surface area contributed by atoms with Gasteiger partial charge >= 0.3 is 0 Å². The Morgan fingerprint density at radius 3 is 2.42 bits per heavy atom.